The lowest BCUT2D eigenvalue weighted by molar-refractivity contribution is -0.122. The maximum absolute atomic E-state index is 14.3. The van der Waals surface area contributed by atoms with Crippen LogP contribution in [-0.2, 0) is 16.0 Å². The van der Waals surface area contributed by atoms with Crippen LogP contribution in [0.25, 0.3) is 11.8 Å². The number of benzene rings is 2. The minimum Gasteiger partial charge on any atom is -0.318 e. The average Bonchev–Trinajstić information content (AvgIpc) is 3.05. The van der Waals surface area contributed by atoms with Crippen LogP contribution in [0.15, 0.2) is 60.2 Å². The number of barbiturate groups is 1. The summed E-state index contributed by atoms with van der Waals surface area (Å²) in [5, 5.41) is 2.13. The van der Waals surface area contributed by atoms with Crippen molar-refractivity contribution in [3.63, 3.8) is 0 Å². The standard InChI is InChI=1S/C25H22FN3O3/c1-4-17-9-5-7-11-21(17)28-15(2)13-18(16(28)3)14-19-23(30)27-25(32)29(24(19)31)22-12-8-6-10-20(22)26/h5-14H,4H2,1-3H3,(H,27,30,32)/b19-14+. The van der Waals surface area contributed by atoms with Crippen LogP contribution in [0.4, 0.5) is 14.9 Å². The molecule has 6 nitrogen and oxygen atoms in total. The van der Waals surface area contributed by atoms with Crippen LogP contribution >= 0.6 is 0 Å². The number of carbonyl (C=O) groups is 3. The van der Waals surface area contributed by atoms with Crippen molar-refractivity contribution in [2.75, 3.05) is 4.90 Å². The number of urea groups is 1. The van der Waals surface area contributed by atoms with Gasteiger partial charge in [-0.1, -0.05) is 37.3 Å². The highest BCUT2D eigenvalue weighted by molar-refractivity contribution is 6.39. The number of nitrogens with one attached hydrogen (secondary N) is 1. The highest BCUT2D eigenvalue weighted by atomic mass is 19.1. The summed E-state index contributed by atoms with van der Waals surface area (Å²) in [6, 6.07) is 14.3. The Balaban J connectivity index is 1.80. The van der Waals surface area contributed by atoms with Crippen molar-refractivity contribution in [1.82, 2.24) is 9.88 Å². The van der Waals surface area contributed by atoms with Crippen LogP contribution in [0.2, 0.25) is 0 Å². The number of carbonyl (C=O) groups excluding carboxylic acids is 3. The zero-order valence-electron chi connectivity index (χ0n) is 18.0. The van der Waals surface area contributed by atoms with Crippen molar-refractivity contribution in [3.05, 3.63) is 88.5 Å². The van der Waals surface area contributed by atoms with Gasteiger partial charge in [0.05, 0.1) is 5.69 Å². The van der Waals surface area contributed by atoms with Crippen LogP contribution in [-0.4, -0.2) is 22.4 Å². The Morgan fingerprint density at radius 1 is 0.969 bits per heavy atom. The van der Waals surface area contributed by atoms with E-state index >= 15 is 0 Å². The second kappa shape index (κ2) is 8.26. The first-order valence-corrected chi connectivity index (χ1v) is 10.3. The van der Waals surface area contributed by atoms with Crippen molar-refractivity contribution >= 4 is 29.6 Å². The first-order valence-electron chi connectivity index (χ1n) is 10.3. The van der Waals surface area contributed by atoms with E-state index in [2.05, 4.69) is 22.9 Å². The Hall–Kier alpha value is -4.00. The van der Waals surface area contributed by atoms with Crippen LogP contribution in [0.1, 0.15) is 29.4 Å². The van der Waals surface area contributed by atoms with Crippen LogP contribution < -0.4 is 10.2 Å². The summed E-state index contributed by atoms with van der Waals surface area (Å²) in [5.41, 5.74) is 4.17. The zero-order chi connectivity index (χ0) is 23.0. The van der Waals surface area contributed by atoms with E-state index in [0.29, 0.717) is 10.5 Å². The van der Waals surface area contributed by atoms with Crippen molar-refractivity contribution < 1.29 is 18.8 Å². The topological polar surface area (TPSA) is 71.4 Å². The van der Waals surface area contributed by atoms with E-state index < -0.39 is 23.7 Å². The molecule has 4 amide bonds. The molecule has 7 heteroatoms. The molecule has 0 radical (unpaired) electrons. The summed E-state index contributed by atoms with van der Waals surface area (Å²) in [6.07, 6.45) is 2.30. The number of amides is 4. The molecule has 0 spiro atoms. The smallest absolute Gasteiger partial charge is 0.318 e. The molecule has 1 N–H and O–H groups in total. The van der Waals surface area contributed by atoms with E-state index in [1.165, 1.54) is 24.3 Å². The van der Waals surface area contributed by atoms with Crippen LogP contribution in [0.5, 0.6) is 0 Å². The molecule has 0 bridgehead atoms. The lowest BCUT2D eigenvalue weighted by Crippen LogP contribution is -2.54. The summed E-state index contributed by atoms with van der Waals surface area (Å²) in [5.74, 6) is -2.42. The number of nitrogens with zero attached hydrogens (tertiary/aromatic N) is 2. The summed E-state index contributed by atoms with van der Waals surface area (Å²) in [6.45, 7) is 5.92. The van der Waals surface area contributed by atoms with Crippen LogP contribution in [0.3, 0.4) is 0 Å². The van der Waals surface area contributed by atoms with Gasteiger partial charge in [0.2, 0.25) is 0 Å². The quantitative estimate of drug-likeness (QED) is 0.490. The number of aryl methyl sites for hydroxylation is 2. The molecule has 2 heterocycles. The fourth-order valence-electron chi connectivity index (χ4n) is 4.00. The Morgan fingerprint density at radius 2 is 1.62 bits per heavy atom. The molecule has 2 aromatic carbocycles. The van der Waals surface area contributed by atoms with E-state index in [4.69, 9.17) is 0 Å². The maximum Gasteiger partial charge on any atom is 0.336 e. The molecule has 1 fully saturated rings. The van der Waals surface area contributed by atoms with Crippen molar-refractivity contribution in [2.24, 2.45) is 0 Å². The largest absolute Gasteiger partial charge is 0.336 e. The lowest BCUT2D eigenvalue weighted by atomic mass is 10.1. The molecule has 1 aromatic heterocycles. The Kier molecular flexibility index (Phi) is 5.48. The van der Waals surface area contributed by atoms with Gasteiger partial charge in [-0.25, -0.2) is 14.1 Å². The molecule has 3 aromatic rings. The highest BCUT2D eigenvalue weighted by Gasteiger charge is 2.38. The van der Waals surface area contributed by atoms with Gasteiger partial charge in [0.25, 0.3) is 11.8 Å². The fraction of sp³-hybridized carbons (Fsp3) is 0.160. The molecule has 32 heavy (non-hydrogen) atoms. The molecule has 1 saturated heterocycles. The van der Waals surface area contributed by atoms with Gasteiger partial charge in [0, 0.05) is 17.1 Å². The SMILES string of the molecule is CCc1ccccc1-n1c(C)cc(/C=C2\C(=O)NC(=O)N(c3ccccc3F)C2=O)c1C. The van der Waals surface area contributed by atoms with Gasteiger partial charge in [0.15, 0.2) is 0 Å². The Bertz CT molecular complexity index is 1290. The number of aromatic nitrogens is 1. The third-order valence-corrected chi connectivity index (χ3v) is 5.58. The molecule has 0 saturated carbocycles. The second-order valence-corrected chi connectivity index (χ2v) is 7.55. The number of hydrogen-bond acceptors (Lipinski definition) is 3. The molecule has 0 aliphatic carbocycles. The summed E-state index contributed by atoms with van der Waals surface area (Å²) in [4.78, 5) is 38.6. The van der Waals surface area contributed by atoms with E-state index in [-0.39, 0.29) is 11.3 Å². The Morgan fingerprint density at radius 3 is 2.31 bits per heavy atom. The molecular formula is C25H22FN3O3. The monoisotopic (exact) mass is 431 g/mol. The lowest BCUT2D eigenvalue weighted by Gasteiger charge is -2.26. The number of rotatable bonds is 4. The molecule has 1 aliphatic heterocycles. The van der Waals surface area contributed by atoms with Crippen molar-refractivity contribution in [2.45, 2.75) is 27.2 Å². The number of anilines is 1. The molecule has 0 unspecified atom stereocenters. The highest BCUT2D eigenvalue weighted by Crippen LogP contribution is 2.28. The van der Waals surface area contributed by atoms with Crippen LogP contribution in [0, 0.1) is 19.7 Å². The third kappa shape index (κ3) is 3.51. The van der Waals surface area contributed by atoms with Crippen molar-refractivity contribution in [1.29, 1.82) is 0 Å². The van der Waals surface area contributed by atoms with E-state index in [1.54, 1.807) is 0 Å². The third-order valence-electron chi connectivity index (χ3n) is 5.58. The van der Waals surface area contributed by atoms with Gasteiger partial charge in [-0.2, -0.15) is 0 Å². The number of hydrogen-bond donors (Lipinski definition) is 1. The molecule has 1 aliphatic rings. The normalized spacial score (nSPS) is 15.4. The predicted molar refractivity (Wildman–Crippen MR) is 120 cm³/mol. The zero-order valence-corrected chi connectivity index (χ0v) is 18.0. The number of imide groups is 2. The minimum absolute atomic E-state index is 0.212. The van der Waals surface area contributed by atoms with Crippen molar-refractivity contribution in [3.8, 4) is 5.69 Å². The second-order valence-electron chi connectivity index (χ2n) is 7.55. The molecule has 162 valence electrons. The van der Waals surface area contributed by atoms with Gasteiger partial charge < -0.3 is 4.57 Å². The Labute approximate surface area is 185 Å². The maximum atomic E-state index is 14.3. The molecule has 4 rings (SSSR count). The minimum atomic E-state index is -0.982. The van der Waals surface area contributed by atoms with E-state index in [1.807, 2.05) is 38.1 Å². The first-order chi connectivity index (χ1) is 15.3. The van der Waals surface area contributed by atoms with E-state index in [9.17, 15) is 18.8 Å². The van der Waals surface area contributed by atoms with Gasteiger partial charge in [-0.05, 0) is 61.7 Å². The summed E-state index contributed by atoms with van der Waals surface area (Å²) in [7, 11) is 0. The van der Waals surface area contributed by atoms with Gasteiger partial charge >= 0.3 is 6.03 Å². The van der Waals surface area contributed by atoms with Gasteiger partial charge in [-0.3, -0.25) is 14.9 Å². The molecular weight excluding hydrogens is 409 g/mol. The van der Waals surface area contributed by atoms with Gasteiger partial charge in [0.1, 0.15) is 11.4 Å². The summed E-state index contributed by atoms with van der Waals surface area (Å²) >= 11 is 0. The number of halogens is 1. The average molecular weight is 431 g/mol. The fourth-order valence-corrected chi connectivity index (χ4v) is 4.00. The molecule has 0 atom stereocenters. The van der Waals surface area contributed by atoms with Gasteiger partial charge in [-0.15, -0.1) is 0 Å². The number of para-hydroxylation sites is 2. The predicted octanol–water partition coefficient (Wildman–Crippen LogP) is 4.46. The first kappa shape index (κ1) is 21.2. The van der Waals surface area contributed by atoms with E-state index in [0.717, 1.165) is 35.1 Å². The summed E-state index contributed by atoms with van der Waals surface area (Å²) < 4.78 is 16.3.